The van der Waals surface area contributed by atoms with Crippen molar-refractivity contribution >= 4 is 23.2 Å². The van der Waals surface area contributed by atoms with Crippen LogP contribution in [-0.2, 0) is 11.3 Å². The molecule has 0 spiro atoms. The number of methoxy groups -OCH3 is 2. The molecular formula is C21H25ClN2O3. The fourth-order valence-corrected chi connectivity index (χ4v) is 3.63. The van der Waals surface area contributed by atoms with Crippen molar-refractivity contribution in [1.29, 1.82) is 0 Å². The van der Waals surface area contributed by atoms with E-state index in [1.54, 1.807) is 26.4 Å². The van der Waals surface area contributed by atoms with Crippen LogP contribution in [0, 0.1) is 5.92 Å². The van der Waals surface area contributed by atoms with Gasteiger partial charge in [-0.2, -0.15) is 0 Å². The molecule has 1 aliphatic rings. The number of carbonyl (C=O) groups excluding carboxylic acids is 1. The van der Waals surface area contributed by atoms with Gasteiger partial charge in [-0.15, -0.1) is 0 Å². The molecule has 1 saturated heterocycles. The number of likely N-dealkylation sites (tertiary alicyclic amines) is 1. The number of anilines is 1. The molecule has 5 nitrogen and oxygen atoms in total. The van der Waals surface area contributed by atoms with E-state index in [4.69, 9.17) is 21.1 Å². The first-order valence-electron chi connectivity index (χ1n) is 9.09. The molecule has 1 fully saturated rings. The molecule has 2 aromatic rings. The summed E-state index contributed by atoms with van der Waals surface area (Å²) in [5.74, 6) is 1.22. The zero-order valence-electron chi connectivity index (χ0n) is 15.7. The van der Waals surface area contributed by atoms with Gasteiger partial charge in [-0.25, -0.2) is 0 Å². The third kappa shape index (κ3) is 4.93. The molecule has 0 aliphatic carbocycles. The molecule has 27 heavy (non-hydrogen) atoms. The summed E-state index contributed by atoms with van der Waals surface area (Å²) in [6.07, 6.45) is 1.88. The molecule has 2 aromatic carbocycles. The topological polar surface area (TPSA) is 50.8 Å². The number of nitrogens with zero attached hydrogens (tertiary/aromatic N) is 1. The van der Waals surface area contributed by atoms with Crippen LogP contribution < -0.4 is 14.8 Å². The lowest BCUT2D eigenvalue weighted by atomic mass is 9.96. The third-order valence-corrected chi connectivity index (χ3v) is 5.25. The highest BCUT2D eigenvalue weighted by molar-refractivity contribution is 6.31. The maximum absolute atomic E-state index is 12.8. The van der Waals surface area contributed by atoms with Crippen molar-refractivity contribution in [3.63, 3.8) is 0 Å². The van der Waals surface area contributed by atoms with Crippen LogP contribution in [0.2, 0.25) is 5.02 Å². The Morgan fingerprint density at radius 2 is 1.96 bits per heavy atom. The minimum absolute atomic E-state index is 0.0334. The minimum atomic E-state index is -0.0469. The van der Waals surface area contributed by atoms with E-state index in [0.717, 1.165) is 43.1 Å². The Balaban J connectivity index is 1.62. The van der Waals surface area contributed by atoms with Crippen LogP contribution in [0.3, 0.4) is 0 Å². The lowest BCUT2D eigenvalue weighted by Gasteiger charge is -2.32. The molecule has 1 aliphatic heterocycles. The molecule has 0 saturated carbocycles. The third-order valence-electron chi connectivity index (χ3n) is 4.88. The fraction of sp³-hybridized carbons (Fsp3) is 0.381. The van der Waals surface area contributed by atoms with Gasteiger partial charge in [0.25, 0.3) is 0 Å². The number of rotatable bonds is 6. The van der Waals surface area contributed by atoms with E-state index in [1.807, 2.05) is 30.3 Å². The molecule has 0 aromatic heterocycles. The molecule has 6 heteroatoms. The summed E-state index contributed by atoms with van der Waals surface area (Å²) >= 11 is 6.27. The van der Waals surface area contributed by atoms with Crippen LogP contribution in [0.5, 0.6) is 11.5 Å². The van der Waals surface area contributed by atoms with Gasteiger partial charge >= 0.3 is 0 Å². The Morgan fingerprint density at radius 1 is 1.19 bits per heavy atom. The van der Waals surface area contributed by atoms with Crippen LogP contribution in [0.4, 0.5) is 5.69 Å². The van der Waals surface area contributed by atoms with E-state index in [2.05, 4.69) is 10.2 Å². The summed E-state index contributed by atoms with van der Waals surface area (Å²) in [7, 11) is 3.17. The number of hydrogen-bond donors (Lipinski definition) is 1. The van der Waals surface area contributed by atoms with Gasteiger partial charge in [0.05, 0.1) is 20.1 Å². The van der Waals surface area contributed by atoms with E-state index in [9.17, 15) is 4.79 Å². The lowest BCUT2D eigenvalue weighted by Crippen LogP contribution is -2.40. The van der Waals surface area contributed by atoms with Gasteiger partial charge in [-0.3, -0.25) is 9.69 Å². The summed E-state index contributed by atoms with van der Waals surface area (Å²) in [6.45, 7) is 2.47. The number of carbonyl (C=O) groups is 1. The largest absolute Gasteiger partial charge is 0.493 e. The first-order valence-corrected chi connectivity index (χ1v) is 9.47. The first kappa shape index (κ1) is 19.5. The van der Waals surface area contributed by atoms with Crippen LogP contribution in [0.15, 0.2) is 42.5 Å². The van der Waals surface area contributed by atoms with Crippen molar-refractivity contribution < 1.29 is 14.3 Å². The Labute approximate surface area is 165 Å². The Bertz CT molecular complexity index is 797. The monoisotopic (exact) mass is 388 g/mol. The number of ether oxygens (including phenoxy) is 2. The molecule has 1 unspecified atom stereocenters. The number of nitrogens with one attached hydrogen (secondary N) is 1. The summed E-state index contributed by atoms with van der Waals surface area (Å²) in [5.41, 5.74) is 1.81. The summed E-state index contributed by atoms with van der Waals surface area (Å²) in [5, 5.41) is 3.78. The zero-order valence-corrected chi connectivity index (χ0v) is 16.5. The summed E-state index contributed by atoms with van der Waals surface area (Å²) in [6, 6.07) is 13.3. The maximum atomic E-state index is 12.8. The van der Waals surface area contributed by atoms with Crippen LogP contribution >= 0.6 is 11.6 Å². The van der Waals surface area contributed by atoms with Crippen LogP contribution in [0.25, 0.3) is 0 Å². The van der Waals surface area contributed by atoms with E-state index >= 15 is 0 Å². The van der Waals surface area contributed by atoms with E-state index in [0.29, 0.717) is 17.2 Å². The van der Waals surface area contributed by atoms with Gasteiger partial charge in [-0.1, -0.05) is 29.8 Å². The van der Waals surface area contributed by atoms with Gasteiger partial charge < -0.3 is 14.8 Å². The molecule has 1 amide bonds. The number of hydrogen-bond acceptors (Lipinski definition) is 4. The van der Waals surface area contributed by atoms with Gasteiger partial charge in [0.1, 0.15) is 0 Å². The number of benzene rings is 2. The normalized spacial score (nSPS) is 17.4. The predicted octanol–water partition coefficient (Wildman–Crippen LogP) is 4.21. The number of piperidine rings is 1. The summed E-state index contributed by atoms with van der Waals surface area (Å²) in [4.78, 5) is 15.0. The number of amides is 1. The smallest absolute Gasteiger partial charge is 0.228 e. The summed E-state index contributed by atoms with van der Waals surface area (Å²) < 4.78 is 10.5. The van der Waals surface area contributed by atoms with Crippen molar-refractivity contribution in [3.8, 4) is 11.5 Å². The Morgan fingerprint density at radius 3 is 2.70 bits per heavy atom. The standard InChI is InChI=1S/C21H25ClN2O3/c1-26-19-10-9-17(12-20(19)27-2)23-21(25)16-7-5-11-24(14-16)13-15-6-3-4-8-18(15)22/h3-4,6,8-10,12,16H,5,7,11,13-14H2,1-2H3,(H,23,25). The fourth-order valence-electron chi connectivity index (χ4n) is 3.44. The van der Waals surface area contributed by atoms with Gasteiger partial charge in [-0.05, 0) is 43.1 Å². The van der Waals surface area contributed by atoms with Gasteiger partial charge in [0, 0.05) is 29.9 Å². The molecule has 144 valence electrons. The van der Waals surface area contributed by atoms with Crippen molar-refractivity contribution in [1.82, 2.24) is 4.90 Å². The van der Waals surface area contributed by atoms with Crippen LogP contribution in [-0.4, -0.2) is 38.1 Å². The first-order chi connectivity index (χ1) is 13.1. The average Bonchev–Trinajstić information content (AvgIpc) is 2.70. The molecular weight excluding hydrogens is 364 g/mol. The lowest BCUT2D eigenvalue weighted by molar-refractivity contribution is -0.121. The highest BCUT2D eigenvalue weighted by Gasteiger charge is 2.26. The molecule has 1 atom stereocenters. The minimum Gasteiger partial charge on any atom is -0.493 e. The number of halogens is 1. The molecule has 1 N–H and O–H groups in total. The van der Waals surface area contributed by atoms with E-state index in [-0.39, 0.29) is 11.8 Å². The van der Waals surface area contributed by atoms with Gasteiger partial charge in [0.2, 0.25) is 5.91 Å². The quantitative estimate of drug-likeness (QED) is 0.805. The van der Waals surface area contributed by atoms with Crippen LogP contribution in [0.1, 0.15) is 18.4 Å². The average molecular weight is 389 g/mol. The second kappa shape index (κ2) is 9.11. The molecule has 0 bridgehead atoms. The van der Waals surface area contributed by atoms with E-state index in [1.165, 1.54) is 0 Å². The second-order valence-electron chi connectivity index (χ2n) is 6.72. The van der Waals surface area contributed by atoms with E-state index < -0.39 is 0 Å². The van der Waals surface area contributed by atoms with Gasteiger partial charge in [0.15, 0.2) is 11.5 Å². The molecule has 0 radical (unpaired) electrons. The van der Waals surface area contributed by atoms with Crippen molar-refractivity contribution in [2.24, 2.45) is 5.92 Å². The Hall–Kier alpha value is -2.24. The van der Waals surface area contributed by atoms with Crippen molar-refractivity contribution in [2.75, 3.05) is 32.6 Å². The predicted molar refractivity (Wildman–Crippen MR) is 108 cm³/mol. The highest BCUT2D eigenvalue weighted by atomic mass is 35.5. The molecule has 3 rings (SSSR count). The maximum Gasteiger partial charge on any atom is 0.228 e. The highest BCUT2D eigenvalue weighted by Crippen LogP contribution is 2.30. The molecule has 1 heterocycles. The second-order valence-corrected chi connectivity index (χ2v) is 7.13. The zero-order chi connectivity index (χ0) is 19.2. The SMILES string of the molecule is COc1ccc(NC(=O)C2CCCN(Cc3ccccc3Cl)C2)cc1OC. The van der Waals surface area contributed by atoms with Crippen molar-refractivity contribution in [3.05, 3.63) is 53.1 Å². The van der Waals surface area contributed by atoms with Crippen molar-refractivity contribution in [2.45, 2.75) is 19.4 Å². The Kier molecular flexibility index (Phi) is 6.58.